The van der Waals surface area contributed by atoms with Gasteiger partial charge < -0.3 is 28.2 Å². The molecule has 0 aromatic heterocycles. The molecule has 0 bridgehead atoms. The van der Waals surface area contributed by atoms with E-state index in [1.165, 1.54) is 20.8 Å². The second-order valence-electron chi connectivity index (χ2n) is 8.58. The molecule has 0 rings (SSSR count). The number of hydrogen-bond donors (Lipinski definition) is 3. The summed E-state index contributed by atoms with van der Waals surface area (Å²) in [5.74, 6) is -1.60. The molecule has 0 saturated heterocycles. The van der Waals surface area contributed by atoms with Gasteiger partial charge in [0.15, 0.2) is 0 Å². The van der Waals surface area contributed by atoms with Crippen molar-refractivity contribution in [1.82, 2.24) is 0 Å². The summed E-state index contributed by atoms with van der Waals surface area (Å²) >= 11 is 0. The molecule has 206 valence electrons. The Balaban J connectivity index is 4.91. The second kappa shape index (κ2) is 18.2. The Kier molecular flexibility index (Phi) is 17.1. The van der Waals surface area contributed by atoms with Gasteiger partial charge in [0, 0.05) is 28.9 Å². The van der Waals surface area contributed by atoms with Crippen LogP contribution < -0.4 is 0 Å². The smallest absolute Gasteiger partial charge is 0.462 e. The normalized spacial score (nSPS) is 12.8. The molecule has 0 radical (unpaired) electrons. The average Bonchev–Trinajstić information content (AvgIpc) is 2.80. The Morgan fingerprint density at radius 3 is 1.69 bits per heavy atom. The fourth-order valence-corrected chi connectivity index (χ4v) is 6.48. The lowest BCUT2D eigenvalue weighted by Crippen LogP contribution is -2.44. The number of rotatable bonds is 20. The van der Waals surface area contributed by atoms with Gasteiger partial charge in [-0.15, -0.1) is 0 Å². The highest BCUT2D eigenvalue weighted by Gasteiger charge is 2.36. The molecule has 0 spiro atoms. The van der Waals surface area contributed by atoms with E-state index in [1.807, 2.05) is 0 Å². The molecule has 0 aliphatic carbocycles. The number of carbonyl (C=O) groups excluding carboxylic acids is 3. The minimum Gasteiger partial charge on any atom is -0.462 e. The summed E-state index contributed by atoms with van der Waals surface area (Å²) in [6.45, 7) is 15.2. The highest BCUT2D eigenvalue weighted by atomic mass is 28.4. The third-order valence-electron chi connectivity index (χ3n) is 4.76. The predicted molar refractivity (Wildman–Crippen MR) is 136 cm³/mol. The van der Waals surface area contributed by atoms with E-state index in [4.69, 9.17) is 18.6 Å². The van der Waals surface area contributed by atoms with Gasteiger partial charge in [0.2, 0.25) is 9.04 Å². The first-order valence-corrected chi connectivity index (χ1v) is 15.8. The zero-order valence-electron chi connectivity index (χ0n) is 21.5. The first-order chi connectivity index (χ1) is 16.8. The van der Waals surface area contributed by atoms with Crippen molar-refractivity contribution in [1.29, 1.82) is 0 Å². The van der Waals surface area contributed by atoms with Gasteiger partial charge in [-0.05, 0) is 58.5 Å². The Hall–Kier alpha value is -2.14. The van der Waals surface area contributed by atoms with E-state index in [0.717, 1.165) is 0 Å². The summed E-state index contributed by atoms with van der Waals surface area (Å²) in [6, 6.07) is 0.563. The van der Waals surface area contributed by atoms with Crippen LogP contribution in [-0.2, 0) is 37.6 Å². The van der Waals surface area contributed by atoms with Gasteiger partial charge in [0.05, 0.1) is 19.8 Å². The van der Waals surface area contributed by atoms with Crippen molar-refractivity contribution in [2.45, 2.75) is 70.7 Å². The topological polar surface area (TPSA) is 158 Å². The van der Waals surface area contributed by atoms with E-state index < -0.39 is 41.9 Å². The Labute approximate surface area is 215 Å². The van der Waals surface area contributed by atoms with Crippen molar-refractivity contribution >= 4 is 35.8 Å². The van der Waals surface area contributed by atoms with Gasteiger partial charge in [0.25, 0.3) is 0 Å². The lowest BCUT2D eigenvalue weighted by molar-refractivity contribution is -0.146. The summed E-state index contributed by atoms with van der Waals surface area (Å²) < 4.78 is 25.4. The molecule has 0 aromatic rings. The van der Waals surface area contributed by atoms with Gasteiger partial charge in [-0.2, -0.15) is 0 Å². The Morgan fingerprint density at radius 1 is 0.806 bits per heavy atom. The lowest BCUT2D eigenvalue weighted by Gasteiger charge is -2.27. The highest BCUT2D eigenvalue weighted by Crippen LogP contribution is 2.20. The monoisotopic (exact) mass is 548 g/mol. The molecule has 13 heteroatoms. The molecule has 3 N–H and O–H groups in total. The van der Waals surface area contributed by atoms with Crippen LogP contribution in [0.4, 0.5) is 0 Å². The third-order valence-corrected chi connectivity index (χ3v) is 8.88. The zero-order valence-corrected chi connectivity index (χ0v) is 23.6. The summed E-state index contributed by atoms with van der Waals surface area (Å²) in [6.07, 6.45) is 0.602. The molecule has 0 aromatic carbocycles. The number of carbonyl (C=O) groups is 3. The fourth-order valence-electron chi connectivity index (χ4n) is 2.85. The van der Waals surface area contributed by atoms with Gasteiger partial charge in [-0.25, -0.2) is 14.4 Å². The average molecular weight is 549 g/mol. The van der Waals surface area contributed by atoms with Crippen molar-refractivity contribution < 1.29 is 52.4 Å². The first-order valence-electron chi connectivity index (χ1n) is 11.7. The highest BCUT2D eigenvalue weighted by molar-refractivity contribution is 6.58. The molecule has 0 amide bonds. The van der Waals surface area contributed by atoms with Crippen molar-refractivity contribution in [3.63, 3.8) is 0 Å². The van der Waals surface area contributed by atoms with Crippen LogP contribution in [0.25, 0.3) is 0 Å². The van der Waals surface area contributed by atoms with E-state index in [-0.39, 0.29) is 55.0 Å². The molecule has 0 aliphatic rings. The van der Waals surface area contributed by atoms with Crippen LogP contribution in [0, 0.1) is 0 Å². The van der Waals surface area contributed by atoms with Crippen LogP contribution in [0.1, 0.15) is 46.5 Å². The third kappa shape index (κ3) is 16.5. The summed E-state index contributed by atoms with van der Waals surface area (Å²) in [5, 5.41) is 9.38. The van der Waals surface area contributed by atoms with Gasteiger partial charge in [-0.3, -0.25) is 9.83 Å². The quantitative estimate of drug-likeness (QED) is 0.0390. The van der Waals surface area contributed by atoms with Crippen LogP contribution in [0.5, 0.6) is 0 Å². The van der Waals surface area contributed by atoms with E-state index in [1.54, 1.807) is 0 Å². The fraction of sp³-hybridized carbons (Fsp3) is 0.609. The molecular formula is C23H40O11Si2. The maximum Gasteiger partial charge on any atom is 0.495 e. The van der Waals surface area contributed by atoms with Crippen molar-refractivity contribution in [3.05, 3.63) is 36.5 Å². The maximum absolute atomic E-state index is 11.6. The second-order valence-corrected chi connectivity index (χ2v) is 13.3. The standard InChI is InChI=1S/C23H40O11Si2/c1-17(2)21(24)30-11-7-10-20(16-35(34-27)14-8-12-31-22(25)18(3)4)33-36(28,29)15-9-13-32-23(26)19(5)6/h20,27-29,35H,1,3,5,7-16H2,2,4,6H3. The minimum atomic E-state index is -4.14. The zero-order chi connectivity index (χ0) is 27.7. The van der Waals surface area contributed by atoms with Crippen molar-refractivity contribution in [2.75, 3.05) is 19.8 Å². The van der Waals surface area contributed by atoms with E-state index in [0.29, 0.717) is 25.3 Å². The largest absolute Gasteiger partial charge is 0.495 e. The summed E-state index contributed by atoms with van der Waals surface area (Å²) in [7, 11) is -6.42. The van der Waals surface area contributed by atoms with Crippen LogP contribution in [0.15, 0.2) is 36.5 Å². The van der Waals surface area contributed by atoms with Crippen LogP contribution in [0.2, 0.25) is 18.1 Å². The molecule has 0 fully saturated rings. The Bertz CT molecular complexity index is 767. The van der Waals surface area contributed by atoms with Crippen LogP contribution in [0.3, 0.4) is 0 Å². The van der Waals surface area contributed by atoms with Gasteiger partial charge in [-0.1, -0.05) is 19.7 Å². The number of esters is 3. The molecule has 2 atom stereocenters. The predicted octanol–water partition coefficient (Wildman–Crippen LogP) is 2.43. The van der Waals surface area contributed by atoms with E-state index in [9.17, 15) is 29.2 Å². The van der Waals surface area contributed by atoms with Gasteiger partial charge in [0.1, 0.15) is 0 Å². The van der Waals surface area contributed by atoms with Crippen molar-refractivity contribution in [2.24, 2.45) is 0 Å². The van der Waals surface area contributed by atoms with Crippen LogP contribution in [-0.4, -0.2) is 76.5 Å². The SMILES string of the molecule is C=C(C)C(=O)OCCCC(C[SiH](CCCOC(=O)C(=C)C)OO)O[Si](O)(O)CCCOC(=O)C(=C)C. The number of ether oxygens (including phenoxy) is 3. The maximum atomic E-state index is 11.6. The lowest BCUT2D eigenvalue weighted by atomic mass is 10.2. The molecule has 0 saturated carbocycles. The molecule has 36 heavy (non-hydrogen) atoms. The molecule has 11 nitrogen and oxygen atoms in total. The summed E-state index contributed by atoms with van der Waals surface area (Å²) in [5.41, 5.74) is 0.787. The van der Waals surface area contributed by atoms with E-state index in [2.05, 4.69) is 24.3 Å². The first kappa shape index (κ1) is 33.9. The van der Waals surface area contributed by atoms with Crippen molar-refractivity contribution in [3.8, 4) is 0 Å². The molecule has 0 heterocycles. The Morgan fingerprint density at radius 2 is 1.25 bits per heavy atom. The molecular weight excluding hydrogens is 508 g/mol. The molecule has 0 aliphatic heterocycles. The van der Waals surface area contributed by atoms with E-state index >= 15 is 0 Å². The van der Waals surface area contributed by atoms with Gasteiger partial charge >= 0.3 is 26.7 Å². The molecule has 2 unspecified atom stereocenters. The van der Waals surface area contributed by atoms with Crippen LogP contribution >= 0.6 is 0 Å². The number of hydrogen-bond acceptors (Lipinski definition) is 11. The minimum absolute atomic E-state index is 0.0214. The summed E-state index contributed by atoms with van der Waals surface area (Å²) in [4.78, 5) is 55.4.